The second-order valence-corrected chi connectivity index (χ2v) is 11.6. The lowest BCUT2D eigenvalue weighted by Crippen LogP contribution is -2.42. The number of aliphatic carboxylic acids is 1. The first-order valence-corrected chi connectivity index (χ1v) is 14.5. The van der Waals surface area contributed by atoms with E-state index in [4.69, 9.17) is 4.98 Å². The minimum atomic E-state index is -0.950. The minimum Gasteiger partial charge on any atom is -0.480 e. The van der Waals surface area contributed by atoms with Crippen molar-refractivity contribution in [3.63, 3.8) is 0 Å². The largest absolute Gasteiger partial charge is 0.480 e. The number of carbonyl (C=O) groups excluding carboxylic acids is 1. The number of aromatic nitrogens is 2. The number of rotatable bonds is 8. The van der Waals surface area contributed by atoms with Crippen LogP contribution in [0.5, 0.6) is 0 Å². The van der Waals surface area contributed by atoms with Crippen molar-refractivity contribution in [2.75, 3.05) is 0 Å². The predicted octanol–water partition coefficient (Wildman–Crippen LogP) is 6.74. The third kappa shape index (κ3) is 5.83. The summed E-state index contributed by atoms with van der Waals surface area (Å²) in [6.07, 6.45) is 14.2. The van der Waals surface area contributed by atoms with Gasteiger partial charge in [-0.2, -0.15) is 0 Å². The maximum atomic E-state index is 13.2. The van der Waals surface area contributed by atoms with Crippen LogP contribution in [0, 0.1) is 5.92 Å². The van der Waals surface area contributed by atoms with Crippen molar-refractivity contribution >= 4 is 34.2 Å². The highest BCUT2D eigenvalue weighted by molar-refractivity contribution is 7.09. The molecule has 36 heavy (non-hydrogen) atoms. The number of imidazole rings is 1. The highest BCUT2D eigenvalue weighted by Gasteiger charge is 2.27. The summed E-state index contributed by atoms with van der Waals surface area (Å²) in [5, 5.41) is 14.7. The van der Waals surface area contributed by atoms with Crippen molar-refractivity contribution < 1.29 is 14.7 Å². The van der Waals surface area contributed by atoms with E-state index >= 15 is 0 Å². The van der Waals surface area contributed by atoms with Crippen molar-refractivity contribution in [3.05, 3.63) is 52.0 Å². The molecule has 7 heteroatoms. The molecule has 2 aliphatic rings. The Bertz CT molecular complexity index is 1170. The molecule has 1 amide bonds. The van der Waals surface area contributed by atoms with E-state index < -0.39 is 12.0 Å². The zero-order valence-electron chi connectivity index (χ0n) is 21.0. The summed E-state index contributed by atoms with van der Waals surface area (Å²) in [7, 11) is 0. The number of fused-ring (bicyclic) bond motifs is 1. The molecule has 1 unspecified atom stereocenters. The fraction of sp³-hybridized carbons (Fsp3) is 0.552. The van der Waals surface area contributed by atoms with Crippen LogP contribution < -0.4 is 5.32 Å². The standard InChI is InChI=1S/C29H37N3O3S/c33-28(31-25(29(34)35)17-20-9-4-1-2-5-10-20)21-14-15-26-24(18-21)30-27(19-23-13-8-16-36-23)32(26)22-11-6-3-7-12-22/h8,13-16,18,20,22,25H,1-7,9-12,17,19H2,(H,31,33)(H,34,35). The second kappa shape index (κ2) is 11.6. The first-order valence-electron chi connectivity index (χ1n) is 13.7. The van der Waals surface area contributed by atoms with Gasteiger partial charge in [0.2, 0.25) is 0 Å². The summed E-state index contributed by atoms with van der Waals surface area (Å²) < 4.78 is 2.40. The van der Waals surface area contributed by atoms with Crippen molar-refractivity contribution in [2.45, 2.75) is 95.6 Å². The van der Waals surface area contributed by atoms with Crippen LogP contribution in [0.25, 0.3) is 11.0 Å². The van der Waals surface area contributed by atoms with Gasteiger partial charge in [-0.3, -0.25) is 4.79 Å². The van der Waals surface area contributed by atoms with Gasteiger partial charge in [0, 0.05) is 22.9 Å². The number of amides is 1. The van der Waals surface area contributed by atoms with E-state index in [0.717, 1.165) is 61.8 Å². The highest BCUT2D eigenvalue weighted by atomic mass is 32.1. The molecule has 5 rings (SSSR count). The lowest BCUT2D eigenvalue weighted by Gasteiger charge is -2.25. The summed E-state index contributed by atoms with van der Waals surface area (Å²) in [5.74, 6) is 0.134. The molecule has 2 fully saturated rings. The molecule has 1 aromatic carbocycles. The Kier molecular flexibility index (Phi) is 8.05. The molecule has 3 aromatic rings. The molecule has 2 heterocycles. The average molecular weight is 508 g/mol. The molecule has 2 aliphatic carbocycles. The Hall–Kier alpha value is -2.67. The first kappa shape index (κ1) is 25.0. The van der Waals surface area contributed by atoms with E-state index in [0.29, 0.717) is 23.9 Å². The molecule has 0 spiro atoms. The lowest BCUT2D eigenvalue weighted by molar-refractivity contribution is -0.139. The predicted molar refractivity (Wildman–Crippen MR) is 144 cm³/mol. The normalized spacial score (nSPS) is 18.7. The molecule has 2 aromatic heterocycles. The molecule has 2 saturated carbocycles. The van der Waals surface area contributed by atoms with Crippen LogP contribution in [0.1, 0.15) is 104 Å². The number of benzene rings is 1. The minimum absolute atomic E-state index is 0.329. The van der Waals surface area contributed by atoms with E-state index in [1.807, 2.05) is 18.2 Å². The molecule has 1 atom stereocenters. The van der Waals surface area contributed by atoms with Crippen molar-refractivity contribution in [1.82, 2.24) is 14.9 Å². The van der Waals surface area contributed by atoms with Crippen LogP contribution in [0.3, 0.4) is 0 Å². The Balaban J connectivity index is 1.38. The van der Waals surface area contributed by atoms with Gasteiger partial charge in [-0.15, -0.1) is 11.3 Å². The lowest BCUT2D eigenvalue weighted by atomic mass is 9.92. The zero-order chi connectivity index (χ0) is 24.9. The summed E-state index contributed by atoms with van der Waals surface area (Å²) >= 11 is 1.74. The van der Waals surface area contributed by atoms with E-state index in [1.165, 1.54) is 37.0 Å². The molecule has 0 aliphatic heterocycles. The Labute approximate surface area is 217 Å². The number of carboxylic acid groups (broad SMARTS) is 1. The SMILES string of the molecule is O=C(NC(CC1CCCCCC1)C(=O)O)c1ccc2c(c1)nc(Cc1cccs1)n2C1CCCCC1. The van der Waals surface area contributed by atoms with E-state index in [-0.39, 0.29) is 5.91 Å². The van der Waals surface area contributed by atoms with E-state index in [9.17, 15) is 14.7 Å². The molecule has 0 bridgehead atoms. The van der Waals surface area contributed by atoms with Gasteiger partial charge in [0.05, 0.1) is 11.0 Å². The van der Waals surface area contributed by atoms with Crippen LogP contribution in [0.2, 0.25) is 0 Å². The summed E-state index contributed by atoms with van der Waals surface area (Å²) in [6.45, 7) is 0. The number of carboxylic acids is 1. The molecular formula is C29H37N3O3S. The average Bonchev–Trinajstić information content (AvgIpc) is 3.44. The molecular weight excluding hydrogens is 470 g/mol. The first-order chi connectivity index (χ1) is 17.6. The van der Waals surface area contributed by atoms with Gasteiger partial charge in [0.15, 0.2) is 0 Å². The topological polar surface area (TPSA) is 84.2 Å². The van der Waals surface area contributed by atoms with E-state index in [1.54, 1.807) is 11.3 Å². The number of hydrogen-bond donors (Lipinski definition) is 2. The Morgan fingerprint density at radius 1 is 1.03 bits per heavy atom. The van der Waals surface area contributed by atoms with E-state index in [2.05, 4.69) is 27.4 Å². The second-order valence-electron chi connectivity index (χ2n) is 10.6. The quantitative estimate of drug-likeness (QED) is 0.331. The summed E-state index contributed by atoms with van der Waals surface area (Å²) in [5.41, 5.74) is 2.36. The third-order valence-electron chi connectivity index (χ3n) is 8.02. The van der Waals surface area contributed by atoms with Crippen molar-refractivity contribution in [2.24, 2.45) is 5.92 Å². The summed E-state index contributed by atoms with van der Waals surface area (Å²) in [6, 6.07) is 9.48. The van der Waals surface area contributed by atoms with Crippen LogP contribution in [0.15, 0.2) is 35.7 Å². The monoisotopic (exact) mass is 507 g/mol. The number of nitrogens with zero attached hydrogens (tertiary/aromatic N) is 2. The Morgan fingerprint density at radius 3 is 2.44 bits per heavy atom. The fourth-order valence-electron chi connectivity index (χ4n) is 6.13. The van der Waals surface area contributed by atoms with Crippen LogP contribution >= 0.6 is 11.3 Å². The van der Waals surface area contributed by atoms with Crippen LogP contribution in [-0.2, 0) is 11.2 Å². The molecule has 192 valence electrons. The van der Waals surface area contributed by atoms with Crippen molar-refractivity contribution in [3.8, 4) is 0 Å². The number of thiophene rings is 1. The van der Waals surface area contributed by atoms with Gasteiger partial charge in [0.1, 0.15) is 11.9 Å². The molecule has 0 radical (unpaired) electrons. The summed E-state index contributed by atoms with van der Waals surface area (Å²) in [4.78, 5) is 31.4. The molecule has 0 saturated heterocycles. The van der Waals surface area contributed by atoms with Gasteiger partial charge < -0.3 is 15.0 Å². The fourth-order valence-corrected chi connectivity index (χ4v) is 6.83. The molecule has 2 N–H and O–H groups in total. The van der Waals surface area contributed by atoms with Gasteiger partial charge in [-0.25, -0.2) is 9.78 Å². The van der Waals surface area contributed by atoms with Crippen LogP contribution in [0.4, 0.5) is 0 Å². The zero-order valence-corrected chi connectivity index (χ0v) is 21.8. The molecule has 6 nitrogen and oxygen atoms in total. The van der Waals surface area contributed by atoms with Gasteiger partial charge in [-0.05, 0) is 54.8 Å². The highest BCUT2D eigenvalue weighted by Crippen LogP contribution is 2.34. The Morgan fingerprint density at radius 2 is 1.75 bits per heavy atom. The maximum absolute atomic E-state index is 13.2. The van der Waals surface area contributed by atoms with Gasteiger partial charge >= 0.3 is 5.97 Å². The number of carbonyl (C=O) groups is 2. The van der Waals surface area contributed by atoms with Gasteiger partial charge in [0.25, 0.3) is 5.91 Å². The number of hydrogen-bond acceptors (Lipinski definition) is 4. The third-order valence-corrected chi connectivity index (χ3v) is 8.90. The van der Waals surface area contributed by atoms with Gasteiger partial charge in [-0.1, -0.05) is 63.9 Å². The maximum Gasteiger partial charge on any atom is 0.326 e. The number of nitrogens with one attached hydrogen (secondary N) is 1. The smallest absolute Gasteiger partial charge is 0.326 e. The van der Waals surface area contributed by atoms with Crippen molar-refractivity contribution in [1.29, 1.82) is 0 Å². The van der Waals surface area contributed by atoms with Crippen LogP contribution in [-0.4, -0.2) is 32.6 Å².